The van der Waals surface area contributed by atoms with Gasteiger partial charge in [-0.05, 0) is 47.1 Å². The Bertz CT molecular complexity index is 341. The predicted octanol–water partition coefficient (Wildman–Crippen LogP) is 1.52. The molecule has 0 amide bonds. The minimum absolute atomic E-state index is 0.734. The van der Waals surface area contributed by atoms with E-state index >= 15 is 0 Å². The number of aliphatic carboxylic acids is 1. The van der Waals surface area contributed by atoms with Crippen LogP contribution in [0.15, 0.2) is 35.2 Å². The standard InChI is InChI=1S/C10H10O3S/c1-14(13)9-5-2-8(3-6-9)4-7-10(11)12/h2-7H,1H3,(H,11,12). The third kappa shape index (κ3) is 3.24. The van der Waals surface area contributed by atoms with Gasteiger partial charge in [-0.15, -0.1) is 0 Å². The molecule has 0 aliphatic rings. The summed E-state index contributed by atoms with van der Waals surface area (Å²) < 4.78 is 11.0. The lowest BCUT2D eigenvalue weighted by Gasteiger charge is -2.03. The van der Waals surface area contributed by atoms with Gasteiger partial charge in [-0.1, -0.05) is 0 Å². The normalized spacial score (nSPS) is 13.0. The highest BCUT2D eigenvalue weighted by Gasteiger charge is 2.01. The zero-order valence-electron chi connectivity index (χ0n) is 7.64. The van der Waals surface area contributed by atoms with Crippen molar-refractivity contribution in [2.45, 2.75) is 4.90 Å². The van der Waals surface area contributed by atoms with E-state index in [1.165, 1.54) is 6.08 Å². The molecule has 0 saturated heterocycles. The summed E-state index contributed by atoms with van der Waals surface area (Å²) in [5.41, 5.74) is 0.779. The Labute approximate surface area is 85.3 Å². The Morgan fingerprint density at radius 2 is 2.00 bits per heavy atom. The second-order valence-corrected chi connectivity index (χ2v) is 4.07. The molecular weight excluding hydrogens is 200 g/mol. The van der Waals surface area contributed by atoms with Crippen LogP contribution < -0.4 is 0 Å². The molecule has 0 aromatic heterocycles. The molecule has 1 rings (SSSR count). The van der Waals surface area contributed by atoms with Crippen molar-refractivity contribution in [3.63, 3.8) is 0 Å². The Balaban J connectivity index is 2.78. The van der Waals surface area contributed by atoms with Gasteiger partial charge in [-0.2, -0.15) is 0 Å². The van der Waals surface area contributed by atoms with Crippen LogP contribution in [0.2, 0.25) is 0 Å². The monoisotopic (exact) mass is 210 g/mol. The first-order valence-electron chi connectivity index (χ1n) is 3.94. The second-order valence-electron chi connectivity index (χ2n) is 2.69. The highest BCUT2D eigenvalue weighted by molar-refractivity contribution is 7.90. The molecule has 4 heteroatoms. The van der Waals surface area contributed by atoms with Crippen molar-refractivity contribution in [2.75, 3.05) is 6.26 Å². The number of benzene rings is 1. The molecule has 74 valence electrons. The quantitative estimate of drug-likeness (QED) is 0.607. The molecular formula is C10H10O3S. The Kier molecular flexibility index (Phi) is 3.73. The largest absolute Gasteiger partial charge is 0.612 e. The summed E-state index contributed by atoms with van der Waals surface area (Å²) in [5.74, 6) is -0.979. The number of carbonyl (C=O) groups is 1. The van der Waals surface area contributed by atoms with Crippen molar-refractivity contribution in [3.8, 4) is 0 Å². The highest BCUT2D eigenvalue weighted by atomic mass is 32.2. The zero-order valence-corrected chi connectivity index (χ0v) is 8.45. The molecule has 0 spiro atoms. The third-order valence-electron chi connectivity index (χ3n) is 1.63. The van der Waals surface area contributed by atoms with E-state index in [9.17, 15) is 9.35 Å². The maximum atomic E-state index is 11.0. The van der Waals surface area contributed by atoms with E-state index < -0.39 is 17.1 Å². The molecule has 14 heavy (non-hydrogen) atoms. The van der Waals surface area contributed by atoms with Gasteiger partial charge in [0, 0.05) is 6.08 Å². The highest BCUT2D eigenvalue weighted by Crippen LogP contribution is 2.11. The Morgan fingerprint density at radius 3 is 2.43 bits per heavy atom. The first kappa shape index (κ1) is 10.8. The molecule has 0 heterocycles. The van der Waals surface area contributed by atoms with Crippen molar-refractivity contribution in [1.29, 1.82) is 0 Å². The van der Waals surface area contributed by atoms with E-state index in [1.54, 1.807) is 30.5 Å². The van der Waals surface area contributed by atoms with Crippen LogP contribution >= 0.6 is 0 Å². The van der Waals surface area contributed by atoms with Crippen LogP contribution in [0.3, 0.4) is 0 Å². The number of rotatable bonds is 3. The maximum Gasteiger partial charge on any atom is 0.328 e. The fourth-order valence-electron chi connectivity index (χ4n) is 0.938. The lowest BCUT2D eigenvalue weighted by Crippen LogP contribution is -1.96. The van der Waals surface area contributed by atoms with E-state index in [0.717, 1.165) is 16.5 Å². The molecule has 1 aromatic rings. The van der Waals surface area contributed by atoms with Gasteiger partial charge in [0.1, 0.15) is 6.26 Å². The number of carboxylic acid groups (broad SMARTS) is 1. The van der Waals surface area contributed by atoms with Crippen LogP contribution in [0.4, 0.5) is 0 Å². The zero-order chi connectivity index (χ0) is 10.6. The van der Waals surface area contributed by atoms with Gasteiger partial charge in [0.15, 0.2) is 4.90 Å². The minimum atomic E-state index is -0.990. The summed E-state index contributed by atoms with van der Waals surface area (Å²) in [6.45, 7) is 0. The maximum absolute atomic E-state index is 11.0. The molecule has 1 unspecified atom stereocenters. The average Bonchev–Trinajstić information content (AvgIpc) is 2.15. The lowest BCUT2D eigenvalue weighted by molar-refractivity contribution is -0.131. The van der Waals surface area contributed by atoms with Crippen LogP contribution in [0, 0.1) is 0 Å². The fraction of sp³-hybridized carbons (Fsp3) is 0.100. The average molecular weight is 210 g/mol. The molecule has 3 nitrogen and oxygen atoms in total. The Morgan fingerprint density at radius 1 is 1.43 bits per heavy atom. The van der Waals surface area contributed by atoms with Gasteiger partial charge < -0.3 is 9.66 Å². The van der Waals surface area contributed by atoms with Gasteiger partial charge in [0.05, 0.1) is 0 Å². The molecule has 0 aliphatic carbocycles. The van der Waals surface area contributed by atoms with Crippen LogP contribution in [0.5, 0.6) is 0 Å². The van der Waals surface area contributed by atoms with Gasteiger partial charge in [0.2, 0.25) is 0 Å². The van der Waals surface area contributed by atoms with Crippen LogP contribution in [0.1, 0.15) is 5.56 Å². The van der Waals surface area contributed by atoms with E-state index in [1.807, 2.05) is 0 Å². The number of hydrogen-bond donors (Lipinski definition) is 1. The van der Waals surface area contributed by atoms with E-state index in [0.29, 0.717) is 0 Å². The molecule has 0 aliphatic heterocycles. The minimum Gasteiger partial charge on any atom is -0.612 e. The van der Waals surface area contributed by atoms with Crippen molar-refractivity contribution >= 4 is 23.2 Å². The predicted molar refractivity (Wildman–Crippen MR) is 55.4 cm³/mol. The molecule has 1 aromatic carbocycles. The molecule has 1 N–H and O–H groups in total. The summed E-state index contributed by atoms with van der Waals surface area (Å²) in [4.78, 5) is 10.9. The summed E-state index contributed by atoms with van der Waals surface area (Å²) in [6.07, 6.45) is 4.16. The number of hydrogen-bond acceptors (Lipinski definition) is 2. The molecule has 0 bridgehead atoms. The van der Waals surface area contributed by atoms with Gasteiger partial charge in [-0.25, -0.2) is 4.79 Å². The summed E-state index contributed by atoms with van der Waals surface area (Å²) in [5, 5.41) is 8.38. The van der Waals surface area contributed by atoms with Crippen LogP contribution in [0.25, 0.3) is 6.08 Å². The van der Waals surface area contributed by atoms with Gasteiger partial charge in [0.25, 0.3) is 0 Å². The van der Waals surface area contributed by atoms with Crippen molar-refractivity contribution in [3.05, 3.63) is 35.9 Å². The summed E-state index contributed by atoms with van der Waals surface area (Å²) >= 11 is -0.990. The third-order valence-corrected chi connectivity index (χ3v) is 2.57. The number of carboxylic acids is 1. The Hall–Kier alpha value is -1.26. The van der Waals surface area contributed by atoms with E-state index in [-0.39, 0.29) is 0 Å². The first-order chi connectivity index (χ1) is 6.59. The first-order valence-corrected chi connectivity index (χ1v) is 5.50. The second kappa shape index (κ2) is 4.83. The molecule has 0 radical (unpaired) electrons. The van der Waals surface area contributed by atoms with Crippen molar-refractivity contribution in [1.82, 2.24) is 0 Å². The SMILES string of the molecule is C[S+]([O-])c1ccc(C=CC(=O)O)cc1. The molecule has 1 atom stereocenters. The molecule has 0 saturated carbocycles. The molecule has 0 fully saturated rings. The smallest absolute Gasteiger partial charge is 0.328 e. The topological polar surface area (TPSA) is 60.4 Å². The van der Waals surface area contributed by atoms with Gasteiger partial charge >= 0.3 is 5.97 Å². The summed E-state index contributed by atoms with van der Waals surface area (Å²) in [6, 6.07) is 6.90. The van der Waals surface area contributed by atoms with Crippen molar-refractivity contribution in [2.24, 2.45) is 0 Å². The summed E-state index contributed by atoms with van der Waals surface area (Å²) in [7, 11) is 0. The fourth-order valence-corrected chi connectivity index (χ4v) is 1.46. The van der Waals surface area contributed by atoms with Crippen LogP contribution in [-0.4, -0.2) is 21.9 Å². The van der Waals surface area contributed by atoms with Gasteiger partial charge in [-0.3, -0.25) is 0 Å². The van der Waals surface area contributed by atoms with E-state index in [2.05, 4.69) is 0 Å². The van der Waals surface area contributed by atoms with E-state index in [4.69, 9.17) is 5.11 Å². The lowest BCUT2D eigenvalue weighted by atomic mass is 10.2. The van der Waals surface area contributed by atoms with Crippen LogP contribution in [-0.2, 0) is 16.0 Å². The van der Waals surface area contributed by atoms with Crippen molar-refractivity contribution < 1.29 is 14.5 Å².